The van der Waals surface area contributed by atoms with Crippen LogP contribution in [0.15, 0.2) is 24.3 Å². The summed E-state index contributed by atoms with van der Waals surface area (Å²) >= 11 is 0. The van der Waals surface area contributed by atoms with Crippen LogP contribution in [0.25, 0.3) is 0 Å². The van der Waals surface area contributed by atoms with Gasteiger partial charge in [-0.15, -0.1) is 0 Å². The first-order chi connectivity index (χ1) is 5.56. The molecule has 0 N–H and O–H groups in total. The fourth-order valence-corrected chi connectivity index (χ4v) is 0.898. The van der Waals surface area contributed by atoms with E-state index in [2.05, 4.69) is 0 Å². The maximum absolute atomic E-state index is 12.9. The second-order valence-corrected chi connectivity index (χ2v) is 2.56. The van der Waals surface area contributed by atoms with Crippen molar-refractivity contribution in [1.82, 2.24) is 0 Å². The molecule has 1 rings (SSSR count). The van der Waals surface area contributed by atoms with Gasteiger partial charge in [0, 0.05) is 12.0 Å². The van der Waals surface area contributed by atoms with E-state index >= 15 is 0 Å². The van der Waals surface area contributed by atoms with Gasteiger partial charge in [-0.2, -0.15) is 0 Å². The lowest BCUT2D eigenvalue weighted by atomic mass is 10.1. The van der Waals surface area contributed by atoms with Crippen molar-refractivity contribution < 1.29 is 13.2 Å². The molecule has 0 amide bonds. The molecule has 0 bridgehead atoms. The predicted octanol–water partition coefficient (Wildman–Crippen LogP) is 3.33. The van der Waals surface area contributed by atoms with Crippen LogP contribution in [-0.2, 0) is 5.92 Å². The lowest BCUT2D eigenvalue weighted by Crippen LogP contribution is -2.10. The standard InChI is InChI=1S/C9H9F3/c1-2-9(11,12)7-3-5-8(10)6-4-7/h3-6H,2H2,1H3. The number of hydrogen-bond acceptors (Lipinski definition) is 0. The predicted molar refractivity (Wildman–Crippen MR) is 40.6 cm³/mol. The van der Waals surface area contributed by atoms with Crippen molar-refractivity contribution in [1.29, 1.82) is 0 Å². The largest absolute Gasteiger partial charge is 0.273 e. The summed E-state index contributed by atoms with van der Waals surface area (Å²) in [5.41, 5.74) is -0.133. The minimum absolute atomic E-state index is 0.133. The second kappa shape index (κ2) is 3.17. The van der Waals surface area contributed by atoms with Gasteiger partial charge in [0.05, 0.1) is 0 Å². The van der Waals surface area contributed by atoms with Crippen LogP contribution >= 0.6 is 0 Å². The monoisotopic (exact) mass is 174 g/mol. The van der Waals surface area contributed by atoms with Crippen molar-refractivity contribution in [3.05, 3.63) is 35.6 Å². The zero-order valence-corrected chi connectivity index (χ0v) is 6.65. The molecule has 0 saturated heterocycles. The molecule has 0 heterocycles. The van der Waals surface area contributed by atoms with Crippen molar-refractivity contribution >= 4 is 0 Å². The van der Waals surface area contributed by atoms with Crippen molar-refractivity contribution in [2.24, 2.45) is 0 Å². The molecular formula is C9H9F3. The molecule has 3 heteroatoms. The molecule has 0 saturated carbocycles. The van der Waals surface area contributed by atoms with Crippen LogP contribution in [0.1, 0.15) is 18.9 Å². The fraction of sp³-hybridized carbons (Fsp3) is 0.333. The van der Waals surface area contributed by atoms with Crippen molar-refractivity contribution in [3.8, 4) is 0 Å². The molecule has 0 aromatic heterocycles. The van der Waals surface area contributed by atoms with E-state index in [0.29, 0.717) is 0 Å². The summed E-state index contributed by atoms with van der Waals surface area (Å²) in [4.78, 5) is 0. The topological polar surface area (TPSA) is 0 Å². The lowest BCUT2D eigenvalue weighted by Gasteiger charge is -2.13. The molecule has 0 nitrogen and oxygen atoms in total. The van der Waals surface area contributed by atoms with Gasteiger partial charge in [0.2, 0.25) is 0 Å². The summed E-state index contributed by atoms with van der Waals surface area (Å²) in [6, 6.07) is 4.30. The molecular weight excluding hydrogens is 165 g/mol. The summed E-state index contributed by atoms with van der Waals surface area (Å²) in [5.74, 6) is -3.33. The zero-order valence-electron chi connectivity index (χ0n) is 6.65. The summed E-state index contributed by atoms with van der Waals surface area (Å²) in [6.07, 6.45) is -0.265. The summed E-state index contributed by atoms with van der Waals surface area (Å²) in [7, 11) is 0. The highest BCUT2D eigenvalue weighted by Crippen LogP contribution is 2.30. The van der Waals surface area contributed by atoms with Gasteiger partial charge < -0.3 is 0 Å². The lowest BCUT2D eigenvalue weighted by molar-refractivity contribution is -0.00833. The average molecular weight is 174 g/mol. The van der Waals surface area contributed by atoms with Crippen LogP contribution in [0.3, 0.4) is 0 Å². The molecule has 0 aliphatic rings. The van der Waals surface area contributed by atoms with Crippen LogP contribution in [0.4, 0.5) is 13.2 Å². The third kappa shape index (κ3) is 1.78. The Morgan fingerprint density at radius 2 is 1.67 bits per heavy atom. The van der Waals surface area contributed by atoms with E-state index in [0.717, 1.165) is 24.3 Å². The molecule has 0 atom stereocenters. The number of hydrogen-bond donors (Lipinski definition) is 0. The van der Waals surface area contributed by atoms with E-state index in [1.165, 1.54) is 6.92 Å². The maximum Gasteiger partial charge on any atom is 0.273 e. The molecule has 66 valence electrons. The van der Waals surface area contributed by atoms with Gasteiger partial charge in [-0.25, -0.2) is 13.2 Å². The Morgan fingerprint density at radius 1 is 1.17 bits per heavy atom. The Bertz CT molecular complexity index is 251. The second-order valence-electron chi connectivity index (χ2n) is 2.56. The SMILES string of the molecule is CCC(F)(F)c1ccc(F)cc1. The Balaban J connectivity index is 2.96. The molecule has 12 heavy (non-hydrogen) atoms. The third-order valence-electron chi connectivity index (χ3n) is 1.71. The number of benzene rings is 1. The molecule has 1 aromatic rings. The first-order valence-corrected chi connectivity index (χ1v) is 3.70. The van der Waals surface area contributed by atoms with Crippen molar-refractivity contribution in [3.63, 3.8) is 0 Å². The van der Waals surface area contributed by atoms with E-state index in [1.807, 2.05) is 0 Å². The zero-order chi connectivity index (χ0) is 9.19. The van der Waals surface area contributed by atoms with Crippen LogP contribution in [0, 0.1) is 5.82 Å². The quantitative estimate of drug-likeness (QED) is 0.645. The van der Waals surface area contributed by atoms with Gasteiger partial charge in [0.25, 0.3) is 5.92 Å². The van der Waals surface area contributed by atoms with Crippen LogP contribution < -0.4 is 0 Å². The summed E-state index contributed by atoms with van der Waals surface area (Å²) in [5, 5.41) is 0. The molecule has 0 aliphatic carbocycles. The van der Waals surface area contributed by atoms with Crippen LogP contribution in [0.5, 0.6) is 0 Å². The van der Waals surface area contributed by atoms with E-state index in [4.69, 9.17) is 0 Å². The summed E-state index contributed by atoms with van der Waals surface area (Å²) in [6.45, 7) is 1.39. The Labute approximate surface area is 69.0 Å². The fourth-order valence-electron chi connectivity index (χ4n) is 0.898. The minimum Gasteiger partial charge on any atom is -0.207 e. The van der Waals surface area contributed by atoms with Crippen LogP contribution in [0.2, 0.25) is 0 Å². The number of rotatable bonds is 2. The van der Waals surface area contributed by atoms with E-state index < -0.39 is 11.7 Å². The molecule has 0 radical (unpaired) electrons. The Kier molecular flexibility index (Phi) is 2.40. The molecule has 0 spiro atoms. The average Bonchev–Trinajstić information content (AvgIpc) is 2.05. The molecule has 0 fully saturated rings. The molecule has 1 aromatic carbocycles. The van der Waals surface area contributed by atoms with E-state index in [1.54, 1.807) is 0 Å². The van der Waals surface area contributed by atoms with E-state index in [9.17, 15) is 13.2 Å². The first-order valence-electron chi connectivity index (χ1n) is 3.70. The number of alkyl halides is 2. The minimum atomic E-state index is -2.84. The van der Waals surface area contributed by atoms with Gasteiger partial charge in [0.15, 0.2) is 0 Å². The van der Waals surface area contributed by atoms with Gasteiger partial charge in [-0.1, -0.05) is 19.1 Å². The number of halogens is 3. The molecule has 0 unspecified atom stereocenters. The van der Waals surface area contributed by atoms with Gasteiger partial charge in [-0.3, -0.25) is 0 Å². The van der Waals surface area contributed by atoms with Crippen molar-refractivity contribution in [2.45, 2.75) is 19.3 Å². The smallest absolute Gasteiger partial charge is 0.207 e. The van der Waals surface area contributed by atoms with Gasteiger partial charge in [0.1, 0.15) is 5.82 Å². The highest BCUT2D eigenvalue weighted by molar-refractivity contribution is 5.20. The summed E-state index contributed by atoms with van der Waals surface area (Å²) < 4.78 is 38.1. The Hall–Kier alpha value is -0.990. The first kappa shape index (κ1) is 9.10. The van der Waals surface area contributed by atoms with Gasteiger partial charge in [-0.05, 0) is 12.1 Å². The van der Waals surface area contributed by atoms with E-state index in [-0.39, 0.29) is 12.0 Å². The maximum atomic E-state index is 12.9. The third-order valence-corrected chi connectivity index (χ3v) is 1.71. The molecule has 0 aliphatic heterocycles. The van der Waals surface area contributed by atoms with Crippen molar-refractivity contribution in [2.75, 3.05) is 0 Å². The highest BCUT2D eigenvalue weighted by Gasteiger charge is 2.28. The van der Waals surface area contributed by atoms with Gasteiger partial charge >= 0.3 is 0 Å². The highest BCUT2D eigenvalue weighted by atomic mass is 19.3. The normalized spacial score (nSPS) is 11.7. The Morgan fingerprint density at radius 3 is 2.08 bits per heavy atom. The van der Waals surface area contributed by atoms with Crippen LogP contribution in [-0.4, -0.2) is 0 Å².